The Morgan fingerprint density at radius 3 is 0.798 bits per heavy atom. The lowest BCUT2D eigenvalue weighted by molar-refractivity contribution is 1.30. The summed E-state index contributed by atoms with van der Waals surface area (Å²) < 4.78 is 0. The quantitative estimate of drug-likeness (QED) is 0.100. The first-order valence-electron chi connectivity index (χ1n) is 28.8. The summed E-state index contributed by atoms with van der Waals surface area (Å²) in [5, 5.41) is 7.14. The van der Waals surface area contributed by atoms with Gasteiger partial charge in [0, 0.05) is 33.5 Å². The molecule has 0 bridgehead atoms. The molecule has 0 spiro atoms. The molecule has 0 aliphatic heterocycles. The average Bonchev–Trinajstić information content (AvgIpc) is 1.10. The largest absolute Gasteiger partial charge is 0.310 e. The highest BCUT2D eigenvalue weighted by atomic mass is 15.1. The zero-order chi connectivity index (χ0) is 56.0. The predicted octanol–water partition coefficient (Wildman–Crippen LogP) is 23.1. The predicted molar refractivity (Wildman–Crippen MR) is 361 cm³/mol. The highest BCUT2D eigenvalue weighted by Crippen LogP contribution is 2.52. The van der Waals surface area contributed by atoms with E-state index in [2.05, 4.69) is 362 Å². The van der Waals surface area contributed by atoms with Crippen molar-refractivity contribution >= 4 is 90.7 Å². The van der Waals surface area contributed by atoms with Crippen molar-refractivity contribution in [2.45, 2.75) is 0 Å². The number of nitrogens with zero attached hydrogens (tertiary/aromatic N) is 2. The van der Waals surface area contributed by atoms with E-state index in [0.717, 1.165) is 67.5 Å². The van der Waals surface area contributed by atoms with Gasteiger partial charge in [-0.05, 0) is 149 Å². The number of anilines is 6. The van der Waals surface area contributed by atoms with E-state index in [4.69, 9.17) is 0 Å². The van der Waals surface area contributed by atoms with Crippen molar-refractivity contribution in [1.29, 1.82) is 0 Å². The monoisotopic (exact) mass is 1070 g/mol. The number of benzene rings is 14. The summed E-state index contributed by atoms with van der Waals surface area (Å²) in [6.07, 6.45) is 8.71. The smallest absolute Gasteiger partial charge is 0.0540 e. The first kappa shape index (κ1) is 51.1. The lowest BCUT2D eigenvalue weighted by Crippen LogP contribution is -2.10. The van der Waals surface area contributed by atoms with Crippen molar-refractivity contribution in [3.05, 3.63) is 350 Å². The van der Waals surface area contributed by atoms with Gasteiger partial charge in [-0.2, -0.15) is 0 Å². The number of hydrogen-bond acceptors (Lipinski definition) is 2. The first-order valence-corrected chi connectivity index (χ1v) is 28.8. The van der Waals surface area contributed by atoms with E-state index in [0.29, 0.717) is 0 Å². The van der Waals surface area contributed by atoms with Gasteiger partial charge in [-0.1, -0.05) is 291 Å². The van der Waals surface area contributed by atoms with Crippen LogP contribution in [-0.4, -0.2) is 0 Å². The summed E-state index contributed by atoms with van der Waals surface area (Å²) in [4.78, 5) is 4.80. The molecule has 14 aromatic rings. The van der Waals surface area contributed by atoms with Crippen LogP contribution in [-0.2, 0) is 0 Å². The van der Waals surface area contributed by atoms with Crippen LogP contribution in [0.1, 0.15) is 22.3 Å². The van der Waals surface area contributed by atoms with Crippen molar-refractivity contribution in [2.24, 2.45) is 0 Å². The van der Waals surface area contributed by atoms with Gasteiger partial charge in [-0.25, -0.2) is 0 Å². The maximum absolute atomic E-state index is 2.40. The van der Waals surface area contributed by atoms with Crippen LogP contribution >= 0.6 is 0 Å². The molecule has 0 fully saturated rings. The molecular weight excluding hydrogens is 1010 g/mol. The molecule has 84 heavy (non-hydrogen) atoms. The second kappa shape index (κ2) is 23.2. The third-order valence-electron chi connectivity index (χ3n) is 16.0. The first-order chi connectivity index (χ1) is 41.7. The zero-order valence-corrected chi connectivity index (χ0v) is 46.4. The van der Waals surface area contributed by atoms with E-state index >= 15 is 0 Å². The zero-order valence-electron chi connectivity index (χ0n) is 46.4. The lowest BCUT2D eigenvalue weighted by atomic mass is 9.79. The number of rotatable bonds is 14. The van der Waals surface area contributed by atoms with Crippen LogP contribution in [0.25, 0.3) is 101 Å². The molecule has 0 aromatic heterocycles. The van der Waals surface area contributed by atoms with Gasteiger partial charge in [0.1, 0.15) is 0 Å². The minimum Gasteiger partial charge on any atom is -0.310 e. The van der Waals surface area contributed by atoms with Crippen molar-refractivity contribution in [3.8, 4) is 44.5 Å². The van der Waals surface area contributed by atoms with Gasteiger partial charge in [0.05, 0.1) is 11.4 Å². The van der Waals surface area contributed by atoms with Crippen LogP contribution in [0.15, 0.2) is 328 Å². The highest BCUT2D eigenvalue weighted by molar-refractivity contribution is 6.18. The van der Waals surface area contributed by atoms with Crippen LogP contribution in [0.5, 0.6) is 0 Å². The molecule has 14 rings (SSSR count). The summed E-state index contributed by atoms with van der Waals surface area (Å²) in [6, 6.07) is 119. The topological polar surface area (TPSA) is 6.48 Å². The van der Waals surface area contributed by atoms with Crippen LogP contribution in [0, 0.1) is 0 Å². The van der Waals surface area contributed by atoms with Gasteiger partial charge in [0.25, 0.3) is 0 Å². The minimum absolute atomic E-state index is 1.07. The third kappa shape index (κ3) is 10.3. The Balaban J connectivity index is 0.914. The summed E-state index contributed by atoms with van der Waals surface area (Å²) in [6.45, 7) is 0. The summed E-state index contributed by atoms with van der Waals surface area (Å²) in [5.74, 6) is 0. The molecule has 0 aliphatic carbocycles. The van der Waals surface area contributed by atoms with Gasteiger partial charge >= 0.3 is 0 Å². The van der Waals surface area contributed by atoms with Crippen LogP contribution in [0.3, 0.4) is 0 Å². The van der Waals surface area contributed by atoms with Gasteiger partial charge in [0.15, 0.2) is 0 Å². The van der Waals surface area contributed by atoms with Gasteiger partial charge in [-0.3, -0.25) is 0 Å². The van der Waals surface area contributed by atoms with Crippen molar-refractivity contribution in [2.75, 3.05) is 9.80 Å². The maximum atomic E-state index is 2.40. The second-order valence-electron chi connectivity index (χ2n) is 21.2. The molecule has 0 N–H and O–H groups in total. The Labute approximate surface area is 492 Å². The fourth-order valence-electron chi connectivity index (χ4n) is 12.0. The van der Waals surface area contributed by atoms with Crippen LogP contribution < -0.4 is 9.80 Å². The summed E-state index contributed by atoms with van der Waals surface area (Å²) in [7, 11) is 0. The third-order valence-corrected chi connectivity index (χ3v) is 16.0. The molecule has 2 nitrogen and oxygen atoms in total. The van der Waals surface area contributed by atoms with E-state index < -0.39 is 0 Å². The molecule has 14 aromatic carbocycles. The molecule has 2 heteroatoms. The standard InChI is InChI=1S/C82H58N2/c1-5-21-59(22-6-1)39-41-61-43-51-69(52-44-61)83(77-37-19-31-63-25-13-15-33-73(63)77)71-55-47-67(48-56-71)79-75-35-17-18-36-76(75)80(82(66-29-11-4-12-30-66)81(79)65-27-9-3-10-28-65)68-49-57-72(58-50-68)84(78-38-20-32-64-26-14-16-34-74(64)78)70-53-45-62(46-54-70)42-40-60-23-7-2-8-24-60/h1-58H/b41-39+,42-40+. The molecule has 396 valence electrons. The van der Waals surface area contributed by atoms with E-state index in [1.165, 1.54) is 65.7 Å². The number of hydrogen-bond donors (Lipinski definition) is 0. The van der Waals surface area contributed by atoms with Gasteiger partial charge in [0.2, 0.25) is 0 Å². The fourth-order valence-corrected chi connectivity index (χ4v) is 12.0. The molecule has 0 saturated carbocycles. The van der Waals surface area contributed by atoms with Crippen molar-refractivity contribution in [3.63, 3.8) is 0 Å². The molecule has 0 amide bonds. The van der Waals surface area contributed by atoms with Crippen LogP contribution in [0.2, 0.25) is 0 Å². The highest BCUT2D eigenvalue weighted by Gasteiger charge is 2.25. The van der Waals surface area contributed by atoms with Crippen molar-refractivity contribution in [1.82, 2.24) is 0 Å². The van der Waals surface area contributed by atoms with Crippen molar-refractivity contribution < 1.29 is 0 Å². The SMILES string of the molecule is C(=C\c1ccc(N(c2ccc(-c3c(-c4ccccc4)c(-c4ccccc4)c(-c4ccc(N(c5ccc(/C=C/c6ccccc6)cc5)c5cccc6ccccc56)cc4)c4ccccc34)cc2)c2cccc3ccccc23)cc1)/c1ccccc1. The van der Waals surface area contributed by atoms with E-state index in [1.54, 1.807) is 0 Å². The fraction of sp³-hybridized carbons (Fsp3) is 0. The second-order valence-corrected chi connectivity index (χ2v) is 21.2. The average molecular weight is 1070 g/mol. The van der Waals surface area contributed by atoms with E-state index in [-0.39, 0.29) is 0 Å². The molecule has 0 heterocycles. The maximum Gasteiger partial charge on any atom is 0.0540 e. The Morgan fingerprint density at radius 1 is 0.179 bits per heavy atom. The summed E-state index contributed by atoms with van der Waals surface area (Å²) >= 11 is 0. The van der Waals surface area contributed by atoms with E-state index in [9.17, 15) is 0 Å². The van der Waals surface area contributed by atoms with Gasteiger partial charge < -0.3 is 9.80 Å². The molecule has 0 unspecified atom stereocenters. The molecule has 0 atom stereocenters. The summed E-state index contributed by atoms with van der Waals surface area (Å²) in [5.41, 5.74) is 20.5. The normalized spacial score (nSPS) is 11.5. The minimum atomic E-state index is 1.07. The van der Waals surface area contributed by atoms with Gasteiger partial charge in [-0.15, -0.1) is 0 Å². The Morgan fingerprint density at radius 2 is 0.440 bits per heavy atom. The molecule has 0 saturated heterocycles. The Bertz CT molecular complexity index is 4330. The number of fused-ring (bicyclic) bond motifs is 3. The molecule has 0 radical (unpaired) electrons. The van der Waals surface area contributed by atoms with E-state index in [1.807, 2.05) is 0 Å². The molecular formula is C82H58N2. The Hall–Kier alpha value is -11.1. The Kier molecular flexibility index (Phi) is 14.1. The van der Waals surface area contributed by atoms with Crippen LogP contribution in [0.4, 0.5) is 34.1 Å². The lowest BCUT2D eigenvalue weighted by Gasteiger charge is -2.28. The molecule has 0 aliphatic rings.